The molecule has 2 aromatic rings. The minimum absolute atomic E-state index is 0.226. The first-order chi connectivity index (χ1) is 12.1. The molecule has 26 heavy (non-hydrogen) atoms. The van der Waals surface area contributed by atoms with E-state index in [1.54, 1.807) is 12.1 Å². The van der Waals surface area contributed by atoms with E-state index in [-0.39, 0.29) is 5.69 Å². The van der Waals surface area contributed by atoms with Gasteiger partial charge in [0.15, 0.2) is 6.10 Å². The van der Waals surface area contributed by atoms with Crippen molar-refractivity contribution in [1.29, 1.82) is 0 Å². The summed E-state index contributed by atoms with van der Waals surface area (Å²) in [6.07, 6.45) is -0.990. The fourth-order valence-electron chi connectivity index (χ4n) is 2.09. The molecule has 0 saturated heterocycles. The third-order valence-corrected chi connectivity index (χ3v) is 5.50. The van der Waals surface area contributed by atoms with Gasteiger partial charge in [0, 0.05) is 0 Å². The summed E-state index contributed by atoms with van der Waals surface area (Å²) in [5.74, 6) is -3.83. The molecule has 0 aromatic heterocycles. The molecular weight excluding hydrogens is 432 g/mol. The van der Waals surface area contributed by atoms with Gasteiger partial charge in [0.2, 0.25) is 9.84 Å². The van der Waals surface area contributed by atoms with Crippen molar-refractivity contribution < 1.29 is 26.7 Å². The average molecular weight is 448 g/mol. The summed E-state index contributed by atoms with van der Waals surface area (Å²) in [5.41, 5.74) is 0.767. The molecule has 0 fully saturated rings. The number of halogens is 3. The fourth-order valence-corrected chi connectivity index (χ4v) is 3.57. The van der Waals surface area contributed by atoms with Gasteiger partial charge in [0.1, 0.15) is 5.75 Å². The number of alkyl halides is 2. The van der Waals surface area contributed by atoms with Crippen LogP contribution in [0.4, 0.5) is 14.5 Å². The van der Waals surface area contributed by atoms with E-state index in [1.807, 2.05) is 13.0 Å². The first-order valence-corrected chi connectivity index (χ1v) is 9.81. The molecule has 0 spiro atoms. The van der Waals surface area contributed by atoms with Crippen LogP contribution < -0.4 is 10.1 Å². The SMILES string of the molecule is Cc1ccc(OC(C)C(=O)Nc2ccccc2S(=O)(=O)C(F)F)c(Br)c1. The van der Waals surface area contributed by atoms with Gasteiger partial charge < -0.3 is 10.1 Å². The van der Waals surface area contributed by atoms with Crippen molar-refractivity contribution in [1.82, 2.24) is 0 Å². The van der Waals surface area contributed by atoms with Crippen LogP contribution in [0.5, 0.6) is 5.75 Å². The summed E-state index contributed by atoms with van der Waals surface area (Å²) in [4.78, 5) is 11.7. The van der Waals surface area contributed by atoms with Gasteiger partial charge in [-0.25, -0.2) is 8.42 Å². The van der Waals surface area contributed by atoms with Crippen molar-refractivity contribution in [2.45, 2.75) is 30.6 Å². The molecule has 2 rings (SSSR count). The molecule has 0 saturated carbocycles. The van der Waals surface area contributed by atoms with Crippen LogP contribution in [-0.2, 0) is 14.6 Å². The van der Waals surface area contributed by atoms with Crippen LogP contribution in [0, 0.1) is 6.92 Å². The van der Waals surface area contributed by atoms with Crippen molar-refractivity contribution in [2.75, 3.05) is 5.32 Å². The Hall–Kier alpha value is -2.00. The van der Waals surface area contributed by atoms with Crippen molar-refractivity contribution in [3.05, 3.63) is 52.5 Å². The Morgan fingerprint density at radius 2 is 1.85 bits per heavy atom. The van der Waals surface area contributed by atoms with E-state index in [2.05, 4.69) is 21.2 Å². The minimum Gasteiger partial charge on any atom is -0.480 e. The van der Waals surface area contributed by atoms with Gasteiger partial charge in [-0.05, 0) is 59.6 Å². The number of benzene rings is 2. The molecule has 0 heterocycles. The van der Waals surface area contributed by atoms with Gasteiger partial charge >= 0.3 is 5.76 Å². The molecule has 0 aliphatic rings. The summed E-state index contributed by atoms with van der Waals surface area (Å²) in [7, 11) is -4.85. The second-order valence-electron chi connectivity index (χ2n) is 5.49. The highest BCUT2D eigenvalue weighted by Crippen LogP contribution is 2.28. The molecule has 0 bridgehead atoms. The Morgan fingerprint density at radius 1 is 1.19 bits per heavy atom. The molecule has 0 aliphatic heterocycles. The Balaban J connectivity index is 2.20. The van der Waals surface area contributed by atoms with Gasteiger partial charge in [-0.1, -0.05) is 18.2 Å². The quantitative estimate of drug-likeness (QED) is 0.721. The van der Waals surface area contributed by atoms with Gasteiger partial charge in [-0.3, -0.25) is 4.79 Å². The number of ether oxygens (including phenoxy) is 1. The van der Waals surface area contributed by atoms with E-state index in [9.17, 15) is 22.0 Å². The molecule has 1 atom stereocenters. The smallest absolute Gasteiger partial charge is 0.341 e. The molecule has 1 N–H and O–H groups in total. The number of nitrogens with one attached hydrogen (secondary N) is 1. The van der Waals surface area contributed by atoms with Gasteiger partial charge in [0.25, 0.3) is 5.91 Å². The second-order valence-corrected chi connectivity index (χ2v) is 8.23. The van der Waals surface area contributed by atoms with E-state index >= 15 is 0 Å². The largest absolute Gasteiger partial charge is 0.480 e. The maximum atomic E-state index is 12.8. The Bertz CT molecular complexity index is 919. The highest BCUT2D eigenvalue weighted by atomic mass is 79.9. The van der Waals surface area contributed by atoms with E-state index < -0.39 is 32.5 Å². The van der Waals surface area contributed by atoms with Crippen LogP contribution in [0.25, 0.3) is 0 Å². The summed E-state index contributed by atoms with van der Waals surface area (Å²) >= 11 is 3.33. The number of aryl methyl sites for hydroxylation is 1. The molecule has 0 radical (unpaired) electrons. The van der Waals surface area contributed by atoms with Crippen LogP contribution in [0.1, 0.15) is 12.5 Å². The highest BCUT2D eigenvalue weighted by molar-refractivity contribution is 9.10. The lowest BCUT2D eigenvalue weighted by molar-refractivity contribution is -0.122. The fraction of sp³-hybridized carbons (Fsp3) is 0.235. The summed E-state index contributed by atoms with van der Waals surface area (Å²) in [6, 6.07) is 10.3. The third kappa shape index (κ3) is 4.59. The van der Waals surface area contributed by atoms with Crippen LogP contribution in [0.15, 0.2) is 51.8 Å². The van der Waals surface area contributed by atoms with Crippen LogP contribution in [0.2, 0.25) is 0 Å². The summed E-state index contributed by atoms with van der Waals surface area (Å²) in [5, 5.41) is 2.33. The summed E-state index contributed by atoms with van der Waals surface area (Å²) in [6.45, 7) is 3.36. The zero-order valence-corrected chi connectivity index (χ0v) is 16.3. The summed E-state index contributed by atoms with van der Waals surface area (Å²) < 4.78 is 55.3. The van der Waals surface area contributed by atoms with Crippen LogP contribution >= 0.6 is 15.9 Å². The number of carbonyl (C=O) groups excluding carboxylic acids is 1. The average Bonchev–Trinajstić information content (AvgIpc) is 2.57. The van der Waals surface area contributed by atoms with Crippen LogP contribution in [-0.4, -0.2) is 26.2 Å². The molecular formula is C17H16BrF2NO4S. The first-order valence-electron chi connectivity index (χ1n) is 7.47. The van der Waals surface area contributed by atoms with Crippen molar-refractivity contribution in [3.63, 3.8) is 0 Å². The number of carbonyl (C=O) groups is 1. The van der Waals surface area contributed by atoms with E-state index in [0.717, 1.165) is 11.6 Å². The predicted molar refractivity (Wildman–Crippen MR) is 97.2 cm³/mol. The number of hydrogen-bond acceptors (Lipinski definition) is 4. The molecule has 140 valence electrons. The first kappa shape index (κ1) is 20.3. The molecule has 0 aliphatic carbocycles. The maximum absolute atomic E-state index is 12.8. The van der Waals surface area contributed by atoms with Crippen molar-refractivity contribution in [3.8, 4) is 5.75 Å². The number of hydrogen-bond donors (Lipinski definition) is 1. The lowest BCUT2D eigenvalue weighted by atomic mass is 10.2. The van der Waals surface area contributed by atoms with Crippen molar-refractivity contribution >= 4 is 37.4 Å². The van der Waals surface area contributed by atoms with E-state index in [1.165, 1.54) is 25.1 Å². The second kappa shape index (κ2) is 8.13. The molecule has 2 aromatic carbocycles. The van der Waals surface area contributed by atoms with Crippen molar-refractivity contribution in [2.24, 2.45) is 0 Å². The Morgan fingerprint density at radius 3 is 2.46 bits per heavy atom. The molecule has 9 heteroatoms. The number of sulfone groups is 1. The third-order valence-electron chi connectivity index (χ3n) is 3.45. The number of rotatable bonds is 6. The topological polar surface area (TPSA) is 72.5 Å². The molecule has 1 amide bonds. The Labute approximate surface area is 158 Å². The van der Waals surface area contributed by atoms with Gasteiger partial charge in [-0.2, -0.15) is 8.78 Å². The molecule has 1 unspecified atom stereocenters. The zero-order chi connectivity index (χ0) is 19.5. The van der Waals surface area contributed by atoms with E-state index in [0.29, 0.717) is 10.2 Å². The van der Waals surface area contributed by atoms with Crippen LogP contribution in [0.3, 0.4) is 0 Å². The number of para-hydroxylation sites is 1. The minimum atomic E-state index is -4.85. The Kier molecular flexibility index (Phi) is 6.35. The van der Waals surface area contributed by atoms with Gasteiger partial charge in [-0.15, -0.1) is 0 Å². The number of amides is 1. The zero-order valence-electron chi connectivity index (χ0n) is 13.9. The lowest BCUT2D eigenvalue weighted by Crippen LogP contribution is -2.31. The monoisotopic (exact) mass is 447 g/mol. The number of anilines is 1. The molecule has 5 nitrogen and oxygen atoms in total. The standard InChI is InChI=1S/C17H16BrF2NO4S/c1-10-7-8-14(12(18)9-10)25-11(2)16(22)21-13-5-3-4-6-15(13)26(23,24)17(19)20/h3-9,11,17H,1-2H3,(H,21,22). The highest BCUT2D eigenvalue weighted by Gasteiger charge is 2.30. The van der Waals surface area contributed by atoms with E-state index in [4.69, 9.17) is 4.74 Å². The van der Waals surface area contributed by atoms with Gasteiger partial charge in [0.05, 0.1) is 15.1 Å². The lowest BCUT2D eigenvalue weighted by Gasteiger charge is -2.17. The predicted octanol–water partition coefficient (Wildman–Crippen LogP) is 4.16. The maximum Gasteiger partial charge on any atom is 0.341 e. The normalized spacial score (nSPS) is 12.7.